The van der Waals surface area contributed by atoms with Gasteiger partial charge in [0, 0.05) is 13.1 Å². The van der Waals surface area contributed by atoms with Crippen LogP contribution in [0.15, 0.2) is 24.8 Å². The zero-order valence-corrected chi connectivity index (χ0v) is 7.65. The quantitative estimate of drug-likeness (QED) is 0.343. The topological polar surface area (TPSA) is 63.7 Å². The van der Waals surface area contributed by atoms with E-state index in [1.165, 1.54) is 7.05 Å². The lowest BCUT2D eigenvalue weighted by Gasteiger charge is -2.08. The van der Waals surface area contributed by atoms with Crippen LogP contribution in [-0.4, -0.2) is 35.8 Å². The number of rotatable bonds is 2. The molecule has 1 atom stereocenters. The highest BCUT2D eigenvalue weighted by Crippen LogP contribution is 2.19. The highest BCUT2D eigenvalue weighted by Gasteiger charge is 2.42. The summed E-state index contributed by atoms with van der Waals surface area (Å²) in [6.07, 6.45) is -0.276. The summed E-state index contributed by atoms with van der Waals surface area (Å²) in [4.78, 5) is 34.2. The maximum Gasteiger partial charge on any atom is 0.331 e. The molecule has 0 N–H and O–H groups in total. The molecule has 0 spiro atoms. The maximum absolute atomic E-state index is 11.3. The van der Waals surface area contributed by atoms with Crippen molar-refractivity contribution in [3.8, 4) is 0 Å². The third-order valence-electron chi connectivity index (χ3n) is 1.85. The van der Waals surface area contributed by atoms with E-state index in [1.54, 1.807) is 0 Å². The molecule has 0 radical (unpaired) electrons. The molecule has 0 aromatic heterocycles. The molecule has 5 heteroatoms. The Labute approximate surface area is 80.6 Å². The number of imide groups is 1. The van der Waals surface area contributed by atoms with Crippen LogP contribution in [0.25, 0.3) is 0 Å². The van der Waals surface area contributed by atoms with Gasteiger partial charge in [-0.2, -0.15) is 0 Å². The molecule has 1 heterocycles. The zero-order chi connectivity index (χ0) is 10.9. The molecule has 0 aromatic carbocycles. The number of likely N-dealkylation sites (tertiary alicyclic amines) is 1. The summed E-state index contributed by atoms with van der Waals surface area (Å²) < 4.78 is 4.66. The Kier molecular flexibility index (Phi) is 2.51. The molecule has 1 aliphatic rings. The molecule has 1 aliphatic heterocycles. The lowest BCUT2D eigenvalue weighted by Crippen LogP contribution is -2.30. The zero-order valence-electron chi connectivity index (χ0n) is 7.65. The van der Waals surface area contributed by atoms with Crippen LogP contribution in [-0.2, 0) is 19.1 Å². The Hall–Kier alpha value is -1.91. The van der Waals surface area contributed by atoms with E-state index in [0.717, 1.165) is 11.0 Å². The van der Waals surface area contributed by atoms with E-state index in [1.807, 2.05) is 0 Å². The molecule has 1 fully saturated rings. The number of ether oxygens (including phenoxy) is 1. The molecule has 1 saturated heterocycles. The van der Waals surface area contributed by atoms with Gasteiger partial charge in [-0.1, -0.05) is 13.2 Å². The minimum Gasteiger partial charge on any atom is -0.444 e. The SMILES string of the molecule is C=CC(=O)OC1C(=C)C(=O)N(C)C1=O. The summed E-state index contributed by atoms with van der Waals surface area (Å²) in [6, 6.07) is 0. The van der Waals surface area contributed by atoms with Gasteiger partial charge >= 0.3 is 5.97 Å². The monoisotopic (exact) mass is 195 g/mol. The van der Waals surface area contributed by atoms with Gasteiger partial charge in [-0.3, -0.25) is 14.5 Å². The molecular formula is C9H9NO4. The van der Waals surface area contributed by atoms with Crippen LogP contribution in [0.3, 0.4) is 0 Å². The van der Waals surface area contributed by atoms with E-state index in [0.29, 0.717) is 0 Å². The van der Waals surface area contributed by atoms with Crippen LogP contribution >= 0.6 is 0 Å². The van der Waals surface area contributed by atoms with Gasteiger partial charge in [0.15, 0.2) is 0 Å². The second-order valence-corrected chi connectivity index (χ2v) is 2.75. The predicted octanol–water partition coefficient (Wildman–Crippen LogP) is -0.361. The van der Waals surface area contributed by atoms with E-state index in [2.05, 4.69) is 17.9 Å². The van der Waals surface area contributed by atoms with Crippen molar-refractivity contribution >= 4 is 17.8 Å². The first-order chi connectivity index (χ1) is 6.49. The summed E-state index contributed by atoms with van der Waals surface area (Å²) in [6.45, 7) is 6.56. The minimum atomic E-state index is -1.20. The number of nitrogens with zero attached hydrogens (tertiary/aromatic N) is 1. The van der Waals surface area contributed by atoms with Gasteiger partial charge in [0.2, 0.25) is 6.10 Å². The molecular weight excluding hydrogens is 186 g/mol. The largest absolute Gasteiger partial charge is 0.444 e. The highest BCUT2D eigenvalue weighted by molar-refractivity contribution is 6.16. The lowest BCUT2D eigenvalue weighted by molar-refractivity contribution is -0.151. The van der Waals surface area contributed by atoms with Crippen LogP contribution in [0, 0.1) is 0 Å². The summed E-state index contributed by atoms with van der Waals surface area (Å²) in [5.41, 5.74) is -0.0345. The van der Waals surface area contributed by atoms with E-state index in [4.69, 9.17) is 0 Å². The predicted molar refractivity (Wildman–Crippen MR) is 47.0 cm³/mol. The van der Waals surface area contributed by atoms with Crippen LogP contribution in [0.1, 0.15) is 0 Å². The molecule has 74 valence electrons. The smallest absolute Gasteiger partial charge is 0.331 e. The Morgan fingerprint density at radius 2 is 2.14 bits per heavy atom. The second-order valence-electron chi connectivity index (χ2n) is 2.75. The number of amides is 2. The normalized spacial score (nSPS) is 21.4. The molecule has 1 unspecified atom stereocenters. The number of likely N-dealkylation sites (N-methyl/N-ethyl adjacent to an activating group) is 1. The van der Waals surface area contributed by atoms with Crippen molar-refractivity contribution in [3.63, 3.8) is 0 Å². The van der Waals surface area contributed by atoms with Gasteiger partial charge in [-0.05, 0) is 0 Å². The Morgan fingerprint density at radius 1 is 1.57 bits per heavy atom. The first-order valence-electron chi connectivity index (χ1n) is 3.82. The second kappa shape index (κ2) is 3.45. The van der Waals surface area contributed by atoms with Crippen LogP contribution in [0.4, 0.5) is 0 Å². The fourth-order valence-electron chi connectivity index (χ4n) is 1.04. The average molecular weight is 195 g/mol. The van der Waals surface area contributed by atoms with Gasteiger partial charge in [0.1, 0.15) is 0 Å². The van der Waals surface area contributed by atoms with Crippen molar-refractivity contribution in [1.82, 2.24) is 4.90 Å². The van der Waals surface area contributed by atoms with Crippen LogP contribution in [0.2, 0.25) is 0 Å². The Balaban J connectivity index is 2.85. The van der Waals surface area contributed by atoms with Crippen LogP contribution < -0.4 is 0 Å². The standard InChI is InChI=1S/C9H9NO4/c1-4-6(11)14-7-5(2)8(12)10(3)9(7)13/h4,7H,1-2H2,3H3. The molecule has 14 heavy (non-hydrogen) atoms. The van der Waals surface area contributed by atoms with Crippen molar-refractivity contribution in [2.75, 3.05) is 7.05 Å². The first kappa shape index (κ1) is 10.2. The van der Waals surface area contributed by atoms with E-state index < -0.39 is 23.9 Å². The fourth-order valence-corrected chi connectivity index (χ4v) is 1.04. The van der Waals surface area contributed by atoms with E-state index in [9.17, 15) is 14.4 Å². The van der Waals surface area contributed by atoms with Crippen molar-refractivity contribution in [2.45, 2.75) is 6.10 Å². The molecule has 1 rings (SSSR count). The molecule has 0 saturated carbocycles. The Bertz CT molecular complexity index is 345. The maximum atomic E-state index is 11.3. The molecule has 2 amide bonds. The van der Waals surface area contributed by atoms with Crippen molar-refractivity contribution in [2.24, 2.45) is 0 Å². The number of esters is 1. The summed E-state index contributed by atoms with van der Waals surface area (Å²) in [7, 11) is 1.30. The van der Waals surface area contributed by atoms with Crippen molar-refractivity contribution < 1.29 is 19.1 Å². The van der Waals surface area contributed by atoms with Gasteiger partial charge in [0.25, 0.3) is 11.8 Å². The highest BCUT2D eigenvalue weighted by atomic mass is 16.5. The minimum absolute atomic E-state index is 0.0345. The molecule has 0 aliphatic carbocycles. The average Bonchev–Trinajstić information content (AvgIpc) is 2.35. The number of carbonyl (C=O) groups is 3. The molecule has 0 bridgehead atoms. The summed E-state index contributed by atoms with van der Waals surface area (Å²) >= 11 is 0. The van der Waals surface area contributed by atoms with E-state index >= 15 is 0 Å². The lowest BCUT2D eigenvalue weighted by atomic mass is 10.2. The molecule has 0 aromatic rings. The van der Waals surface area contributed by atoms with Crippen LogP contribution in [0.5, 0.6) is 0 Å². The molecule has 5 nitrogen and oxygen atoms in total. The van der Waals surface area contributed by atoms with Gasteiger partial charge in [-0.25, -0.2) is 4.79 Å². The number of hydrogen-bond acceptors (Lipinski definition) is 4. The third-order valence-corrected chi connectivity index (χ3v) is 1.85. The van der Waals surface area contributed by atoms with E-state index in [-0.39, 0.29) is 5.57 Å². The van der Waals surface area contributed by atoms with Gasteiger partial charge in [0.05, 0.1) is 5.57 Å². The number of hydrogen-bond donors (Lipinski definition) is 0. The third kappa shape index (κ3) is 1.44. The van der Waals surface area contributed by atoms with Gasteiger partial charge in [-0.15, -0.1) is 0 Å². The number of carbonyl (C=O) groups excluding carboxylic acids is 3. The van der Waals surface area contributed by atoms with Crippen molar-refractivity contribution in [3.05, 3.63) is 24.8 Å². The first-order valence-corrected chi connectivity index (χ1v) is 3.82. The Morgan fingerprint density at radius 3 is 2.50 bits per heavy atom. The van der Waals surface area contributed by atoms with Crippen molar-refractivity contribution in [1.29, 1.82) is 0 Å². The summed E-state index contributed by atoms with van der Waals surface area (Å²) in [5, 5.41) is 0. The fraction of sp³-hybridized carbons (Fsp3) is 0.222. The van der Waals surface area contributed by atoms with Gasteiger partial charge < -0.3 is 4.74 Å². The summed E-state index contributed by atoms with van der Waals surface area (Å²) in [5.74, 6) is -1.88.